The molecule has 1 N–H and O–H groups in total. The molecule has 5 nitrogen and oxygen atoms in total. The lowest BCUT2D eigenvalue weighted by atomic mass is 10.1. The second-order valence-corrected chi connectivity index (χ2v) is 7.81. The summed E-state index contributed by atoms with van der Waals surface area (Å²) in [6, 6.07) is 14.7. The monoisotopic (exact) mass is 398 g/mol. The number of hydrogen-bond donors (Lipinski definition) is 1. The zero-order chi connectivity index (χ0) is 19.5. The van der Waals surface area contributed by atoms with Gasteiger partial charge in [-0.2, -0.15) is 0 Å². The van der Waals surface area contributed by atoms with Crippen LogP contribution in [0, 0.1) is 5.92 Å². The van der Waals surface area contributed by atoms with Crippen LogP contribution in [0.25, 0.3) is 0 Å². The van der Waals surface area contributed by atoms with Crippen LogP contribution in [-0.4, -0.2) is 29.3 Å². The van der Waals surface area contributed by atoms with Crippen molar-refractivity contribution < 1.29 is 14.3 Å². The first-order chi connectivity index (χ1) is 13.6. The minimum Gasteiger partial charge on any atom is -0.454 e. The van der Waals surface area contributed by atoms with Crippen molar-refractivity contribution in [2.45, 2.75) is 38.1 Å². The molecule has 1 aliphatic heterocycles. The van der Waals surface area contributed by atoms with E-state index in [2.05, 4.69) is 5.32 Å². The number of nitrogens with one attached hydrogen (secondary N) is 1. The molecule has 0 aromatic heterocycles. The summed E-state index contributed by atoms with van der Waals surface area (Å²) >= 11 is 6.17. The fourth-order valence-electron chi connectivity index (χ4n) is 4.02. The van der Waals surface area contributed by atoms with Gasteiger partial charge in [0.05, 0.1) is 16.6 Å². The van der Waals surface area contributed by atoms with Crippen LogP contribution < -0.4 is 10.1 Å². The topological polar surface area (TPSA) is 58.6 Å². The van der Waals surface area contributed by atoms with Gasteiger partial charge in [-0.1, -0.05) is 48.7 Å². The molecule has 1 saturated heterocycles. The lowest BCUT2D eigenvalue weighted by molar-refractivity contribution is -0.129. The Morgan fingerprint density at radius 2 is 1.71 bits per heavy atom. The molecule has 6 heteroatoms. The molecular weight excluding hydrogens is 376 g/mol. The summed E-state index contributed by atoms with van der Waals surface area (Å²) in [6.07, 6.45) is 4.70. The third-order valence-electron chi connectivity index (χ3n) is 5.50. The number of carbonyl (C=O) groups excluding carboxylic acids is 2. The Morgan fingerprint density at radius 1 is 1.04 bits per heavy atom. The maximum Gasteiger partial charge on any atom is 0.229 e. The van der Waals surface area contributed by atoms with Gasteiger partial charge < -0.3 is 15.0 Å². The highest BCUT2D eigenvalue weighted by Crippen LogP contribution is 2.34. The molecule has 2 aromatic carbocycles. The molecule has 0 bridgehead atoms. The van der Waals surface area contributed by atoms with Crippen molar-refractivity contribution in [2.24, 2.45) is 5.92 Å². The van der Waals surface area contributed by atoms with E-state index in [1.165, 1.54) is 0 Å². The van der Waals surface area contributed by atoms with Gasteiger partial charge in [0.25, 0.3) is 0 Å². The smallest absolute Gasteiger partial charge is 0.229 e. The quantitative estimate of drug-likeness (QED) is 0.782. The largest absolute Gasteiger partial charge is 0.454 e. The van der Waals surface area contributed by atoms with Gasteiger partial charge in [-0.3, -0.25) is 9.59 Å². The Bertz CT molecular complexity index is 880. The SMILES string of the molecule is O=C(Nc1ccccc1Oc1ccccc1Cl)C1CC(=O)N(C2CCCC2)C1. The van der Waals surface area contributed by atoms with E-state index in [0.29, 0.717) is 34.8 Å². The predicted molar refractivity (Wildman–Crippen MR) is 109 cm³/mol. The van der Waals surface area contributed by atoms with Crippen LogP contribution in [0.4, 0.5) is 5.69 Å². The highest BCUT2D eigenvalue weighted by atomic mass is 35.5. The zero-order valence-electron chi connectivity index (χ0n) is 15.6. The fraction of sp³-hybridized carbons (Fsp3) is 0.364. The first-order valence-electron chi connectivity index (χ1n) is 9.73. The third kappa shape index (κ3) is 3.99. The molecule has 2 aromatic rings. The maximum absolute atomic E-state index is 12.8. The van der Waals surface area contributed by atoms with Gasteiger partial charge in [-0.05, 0) is 37.1 Å². The van der Waals surface area contributed by atoms with Crippen LogP contribution in [-0.2, 0) is 9.59 Å². The van der Waals surface area contributed by atoms with Gasteiger partial charge in [0.15, 0.2) is 5.75 Å². The van der Waals surface area contributed by atoms with Gasteiger partial charge in [-0.25, -0.2) is 0 Å². The lowest BCUT2D eigenvalue weighted by Crippen LogP contribution is -2.35. The van der Waals surface area contributed by atoms with Crippen molar-refractivity contribution in [3.05, 3.63) is 53.6 Å². The van der Waals surface area contributed by atoms with Crippen molar-refractivity contribution in [3.63, 3.8) is 0 Å². The standard InChI is InChI=1S/C22H23ClN2O3/c23-17-9-3-5-11-19(17)28-20-12-6-4-10-18(20)24-22(27)15-13-21(26)25(14-15)16-7-1-2-8-16/h3-6,9-12,15-16H,1-2,7-8,13-14H2,(H,24,27). The molecule has 2 aliphatic rings. The van der Waals surface area contributed by atoms with Crippen molar-refractivity contribution in [1.29, 1.82) is 0 Å². The molecule has 1 aliphatic carbocycles. The van der Waals surface area contributed by atoms with Gasteiger partial charge in [0, 0.05) is 19.0 Å². The van der Waals surface area contributed by atoms with Gasteiger partial charge in [0.1, 0.15) is 5.75 Å². The number of rotatable bonds is 5. The molecule has 2 fully saturated rings. The first kappa shape index (κ1) is 18.8. The molecule has 146 valence electrons. The number of hydrogen-bond acceptors (Lipinski definition) is 3. The average Bonchev–Trinajstić information content (AvgIpc) is 3.34. The summed E-state index contributed by atoms with van der Waals surface area (Å²) < 4.78 is 5.90. The molecule has 2 amide bonds. The molecule has 0 spiro atoms. The lowest BCUT2D eigenvalue weighted by Gasteiger charge is -2.24. The Balaban J connectivity index is 1.45. The summed E-state index contributed by atoms with van der Waals surface area (Å²) in [4.78, 5) is 27.1. The Kier molecular flexibility index (Phi) is 5.53. The molecule has 0 radical (unpaired) electrons. The number of benzene rings is 2. The normalized spacial score (nSPS) is 19.8. The van der Waals surface area contributed by atoms with E-state index in [4.69, 9.17) is 16.3 Å². The molecule has 4 rings (SSSR count). The summed E-state index contributed by atoms with van der Waals surface area (Å²) in [5.74, 6) is 0.647. The summed E-state index contributed by atoms with van der Waals surface area (Å²) in [7, 11) is 0. The highest BCUT2D eigenvalue weighted by Gasteiger charge is 2.38. The van der Waals surface area contributed by atoms with Crippen LogP contribution in [0.3, 0.4) is 0 Å². The van der Waals surface area contributed by atoms with E-state index in [-0.39, 0.29) is 24.2 Å². The Hall–Kier alpha value is -2.53. The number of ether oxygens (including phenoxy) is 1. The van der Waals surface area contributed by atoms with Crippen LogP contribution in [0.1, 0.15) is 32.1 Å². The average molecular weight is 399 g/mol. The van der Waals surface area contributed by atoms with Crippen molar-refractivity contribution in [2.75, 3.05) is 11.9 Å². The van der Waals surface area contributed by atoms with Crippen LogP contribution in [0.15, 0.2) is 48.5 Å². The highest BCUT2D eigenvalue weighted by molar-refractivity contribution is 6.32. The number of halogens is 1. The Morgan fingerprint density at radius 3 is 2.46 bits per heavy atom. The number of nitrogens with zero attached hydrogens (tertiary/aromatic N) is 1. The minimum absolute atomic E-state index is 0.0904. The van der Waals surface area contributed by atoms with Crippen molar-refractivity contribution in [1.82, 2.24) is 4.90 Å². The number of likely N-dealkylation sites (tertiary alicyclic amines) is 1. The molecule has 1 unspecified atom stereocenters. The summed E-state index contributed by atoms with van der Waals surface area (Å²) in [5, 5.41) is 3.44. The summed E-state index contributed by atoms with van der Waals surface area (Å²) in [6.45, 7) is 0.503. The van der Waals surface area contributed by atoms with E-state index < -0.39 is 0 Å². The predicted octanol–water partition coefficient (Wildman–Crippen LogP) is 4.86. The molecule has 28 heavy (non-hydrogen) atoms. The molecule has 1 saturated carbocycles. The van der Waals surface area contributed by atoms with E-state index >= 15 is 0 Å². The van der Waals surface area contributed by atoms with Gasteiger partial charge >= 0.3 is 0 Å². The van der Waals surface area contributed by atoms with E-state index in [1.54, 1.807) is 24.3 Å². The molecular formula is C22H23ClN2O3. The second kappa shape index (κ2) is 8.23. The second-order valence-electron chi connectivity index (χ2n) is 7.40. The van der Waals surface area contributed by atoms with Gasteiger partial charge in [0.2, 0.25) is 11.8 Å². The molecule has 1 heterocycles. The van der Waals surface area contributed by atoms with Crippen molar-refractivity contribution >= 4 is 29.1 Å². The van der Waals surface area contributed by atoms with Crippen LogP contribution in [0.2, 0.25) is 5.02 Å². The first-order valence-corrected chi connectivity index (χ1v) is 10.1. The number of amides is 2. The third-order valence-corrected chi connectivity index (χ3v) is 5.81. The number of carbonyl (C=O) groups is 2. The molecule has 1 atom stereocenters. The number of anilines is 1. The fourth-order valence-corrected chi connectivity index (χ4v) is 4.19. The van der Waals surface area contributed by atoms with E-state index in [1.807, 2.05) is 29.2 Å². The van der Waals surface area contributed by atoms with Gasteiger partial charge in [-0.15, -0.1) is 0 Å². The zero-order valence-corrected chi connectivity index (χ0v) is 16.3. The van der Waals surface area contributed by atoms with E-state index in [9.17, 15) is 9.59 Å². The minimum atomic E-state index is -0.332. The van der Waals surface area contributed by atoms with E-state index in [0.717, 1.165) is 25.7 Å². The maximum atomic E-state index is 12.8. The van der Waals surface area contributed by atoms with Crippen molar-refractivity contribution in [3.8, 4) is 11.5 Å². The van der Waals surface area contributed by atoms with Crippen LogP contribution >= 0.6 is 11.6 Å². The number of para-hydroxylation sites is 3. The Labute approximate surface area is 169 Å². The van der Waals surface area contributed by atoms with Crippen LogP contribution in [0.5, 0.6) is 11.5 Å². The summed E-state index contributed by atoms with van der Waals surface area (Å²) in [5.41, 5.74) is 0.569.